The molecule has 1 aromatic heterocycles. The number of pyridine rings is 1. The molecule has 0 atom stereocenters. The number of carbonyl (C=O) groups is 1. The monoisotopic (exact) mass is 307 g/mol. The van der Waals surface area contributed by atoms with Gasteiger partial charge in [-0.1, -0.05) is 18.2 Å². The molecule has 2 N–H and O–H groups in total. The summed E-state index contributed by atoms with van der Waals surface area (Å²) >= 11 is 0. The average molecular weight is 307 g/mol. The number of nitrogens with zero attached hydrogens (tertiary/aromatic N) is 1. The van der Waals surface area contributed by atoms with Gasteiger partial charge in [0.2, 0.25) is 0 Å². The van der Waals surface area contributed by atoms with E-state index in [2.05, 4.69) is 15.6 Å². The number of hydrogen-bond acceptors (Lipinski definition) is 3. The van der Waals surface area contributed by atoms with E-state index in [0.717, 1.165) is 0 Å². The van der Waals surface area contributed by atoms with Gasteiger partial charge in [-0.15, -0.1) is 0 Å². The van der Waals surface area contributed by atoms with Crippen LogP contribution in [0.5, 0.6) is 0 Å². The molecule has 0 unspecified atom stereocenters. The van der Waals surface area contributed by atoms with Gasteiger partial charge in [0.1, 0.15) is 11.6 Å². The molecule has 114 valence electrons. The smallest absolute Gasteiger partial charge is 0.259 e. The summed E-state index contributed by atoms with van der Waals surface area (Å²) in [5.74, 6) is -0.180. The minimum Gasteiger partial charge on any atom is -0.340 e. The summed E-state index contributed by atoms with van der Waals surface area (Å²) in [5.41, 5.74) is 1.76. The molecule has 0 radical (unpaired) electrons. The molecular formula is C18H14FN3O. The van der Waals surface area contributed by atoms with E-state index in [9.17, 15) is 9.18 Å². The minimum atomic E-state index is -0.321. The Balaban J connectivity index is 1.82. The molecule has 1 heterocycles. The van der Waals surface area contributed by atoms with Crippen molar-refractivity contribution in [1.82, 2.24) is 4.98 Å². The molecule has 0 aliphatic carbocycles. The fourth-order valence-corrected chi connectivity index (χ4v) is 2.08. The van der Waals surface area contributed by atoms with Gasteiger partial charge in [-0.05, 0) is 48.5 Å². The van der Waals surface area contributed by atoms with Gasteiger partial charge in [0, 0.05) is 17.6 Å². The van der Waals surface area contributed by atoms with E-state index < -0.39 is 0 Å². The number of para-hydroxylation sites is 1. The van der Waals surface area contributed by atoms with E-state index in [1.54, 1.807) is 42.6 Å². The molecule has 1 amide bonds. The fraction of sp³-hybridized carbons (Fsp3) is 0. The number of rotatable bonds is 4. The molecule has 0 saturated carbocycles. The van der Waals surface area contributed by atoms with E-state index in [0.29, 0.717) is 22.8 Å². The summed E-state index contributed by atoms with van der Waals surface area (Å²) in [5, 5.41) is 5.84. The van der Waals surface area contributed by atoms with Crippen molar-refractivity contribution in [2.75, 3.05) is 10.6 Å². The number of anilines is 3. The molecule has 0 fully saturated rings. The highest BCUT2D eigenvalue weighted by molar-refractivity contribution is 6.07. The molecule has 0 saturated heterocycles. The van der Waals surface area contributed by atoms with Crippen molar-refractivity contribution in [1.29, 1.82) is 0 Å². The van der Waals surface area contributed by atoms with Crippen molar-refractivity contribution >= 4 is 23.1 Å². The average Bonchev–Trinajstić information content (AvgIpc) is 2.58. The Bertz CT molecular complexity index is 804. The van der Waals surface area contributed by atoms with Crippen LogP contribution in [0, 0.1) is 5.82 Å². The molecule has 0 bridgehead atoms. The van der Waals surface area contributed by atoms with Gasteiger partial charge in [-0.2, -0.15) is 0 Å². The quantitative estimate of drug-likeness (QED) is 0.759. The lowest BCUT2D eigenvalue weighted by atomic mass is 10.2. The maximum Gasteiger partial charge on any atom is 0.259 e. The zero-order chi connectivity index (χ0) is 16.1. The second-order valence-electron chi connectivity index (χ2n) is 4.85. The molecule has 0 aliphatic rings. The summed E-state index contributed by atoms with van der Waals surface area (Å²) in [6.07, 6.45) is 1.59. The first-order chi connectivity index (χ1) is 11.2. The number of amides is 1. The summed E-state index contributed by atoms with van der Waals surface area (Å²) < 4.78 is 13.0. The Morgan fingerprint density at radius 2 is 1.61 bits per heavy atom. The van der Waals surface area contributed by atoms with Crippen molar-refractivity contribution in [2.45, 2.75) is 0 Å². The molecule has 3 rings (SSSR count). The van der Waals surface area contributed by atoms with Gasteiger partial charge in [0.15, 0.2) is 0 Å². The van der Waals surface area contributed by atoms with Crippen molar-refractivity contribution in [3.63, 3.8) is 0 Å². The first-order valence-electron chi connectivity index (χ1n) is 7.06. The van der Waals surface area contributed by atoms with Crippen LogP contribution in [0.4, 0.5) is 21.6 Å². The highest BCUT2D eigenvalue weighted by Crippen LogP contribution is 2.20. The second kappa shape index (κ2) is 6.70. The SMILES string of the molecule is O=C(Nc1ccccc1)c1cccnc1Nc1ccc(F)cc1. The maximum atomic E-state index is 13.0. The molecule has 2 aromatic carbocycles. The maximum absolute atomic E-state index is 13.0. The summed E-state index contributed by atoms with van der Waals surface area (Å²) in [7, 11) is 0. The highest BCUT2D eigenvalue weighted by atomic mass is 19.1. The van der Waals surface area contributed by atoms with Crippen LogP contribution in [0.15, 0.2) is 72.9 Å². The number of halogens is 1. The van der Waals surface area contributed by atoms with Gasteiger partial charge in [-0.25, -0.2) is 9.37 Å². The molecule has 4 nitrogen and oxygen atoms in total. The largest absolute Gasteiger partial charge is 0.340 e. The van der Waals surface area contributed by atoms with Crippen molar-refractivity contribution < 1.29 is 9.18 Å². The number of nitrogens with one attached hydrogen (secondary N) is 2. The van der Waals surface area contributed by atoms with E-state index >= 15 is 0 Å². The van der Waals surface area contributed by atoms with Crippen LogP contribution in [0.1, 0.15) is 10.4 Å². The highest BCUT2D eigenvalue weighted by Gasteiger charge is 2.12. The number of hydrogen-bond donors (Lipinski definition) is 2. The topological polar surface area (TPSA) is 54.0 Å². The summed E-state index contributed by atoms with van der Waals surface area (Å²) in [6, 6.07) is 18.4. The standard InChI is InChI=1S/C18H14FN3O/c19-13-8-10-15(11-9-13)21-17-16(7-4-12-20-17)18(23)22-14-5-2-1-3-6-14/h1-12H,(H,20,21)(H,22,23). The molecular weight excluding hydrogens is 293 g/mol. The van der Waals surface area contributed by atoms with E-state index in [4.69, 9.17) is 0 Å². The van der Waals surface area contributed by atoms with Gasteiger partial charge < -0.3 is 10.6 Å². The summed E-state index contributed by atoms with van der Waals surface area (Å²) in [4.78, 5) is 16.6. The first-order valence-corrected chi connectivity index (χ1v) is 7.06. The van der Waals surface area contributed by atoms with E-state index in [1.807, 2.05) is 18.2 Å². The zero-order valence-corrected chi connectivity index (χ0v) is 12.2. The lowest BCUT2D eigenvalue weighted by molar-refractivity contribution is 0.102. The van der Waals surface area contributed by atoms with Crippen molar-refractivity contribution in [2.24, 2.45) is 0 Å². The second-order valence-corrected chi connectivity index (χ2v) is 4.85. The van der Waals surface area contributed by atoms with Crippen molar-refractivity contribution in [3.8, 4) is 0 Å². The van der Waals surface area contributed by atoms with Crippen LogP contribution in [0.3, 0.4) is 0 Å². The van der Waals surface area contributed by atoms with Crippen LogP contribution in [0.25, 0.3) is 0 Å². The Kier molecular flexibility index (Phi) is 4.29. The molecule has 3 aromatic rings. The Hall–Kier alpha value is -3.21. The normalized spacial score (nSPS) is 10.1. The zero-order valence-electron chi connectivity index (χ0n) is 12.2. The van der Waals surface area contributed by atoms with Crippen LogP contribution >= 0.6 is 0 Å². The van der Waals surface area contributed by atoms with Gasteiger partial charge >= 0.3 is 0 Å². The third-order valence-electron chi connectivity index (χ3n) is 3.19. The summed E-state index contributed by atoms with van der Waals surface area (Å²) in [6.45, 7) is 0. The van der Waals surface area contributed by atoms with Crippen LogP contribution < -0.4 is 10.6 Å². The van der Waals surface area contributed by atoms with E-state index in [1.165, 1.54) is 12.1 Å². The first kappa shape index (κ1) is 14.7. The fourth-order valence-electron chi connectivity index (χ4n) is 2.08. The third kappa shape index (κ3) is 3.71. The number of benzene rings is 2. The van der Waals surface area contributed by atoms with Gasteiger partial charge in [-0.3, -0.25) is 4.79 Å². The molecule has 0 spiro atoms. The van der Waals surface area contributed by atoms with Crippen LogP contribution in [-0.4, -0.2) is 10.9 Å². The molecule has 0 aliphatic heterocycles. The third-order valence-corrected chi connectivity index (χ3v) is 3.19. The van der Waals surface area contributed by atoms with E-state index in [-0.39, 0.29) is 11.7 Å². The molecule has 5 heteroatoms. The van der Waals surface area contributed by atoms with Gasteiger partial charge in [0.05, 0.1) is 5.56 Å². The Labute approximate surface area is 133 Å². The lowest BCUT2D eigenvalue weighted by Gasteiger charge is -2.11. The Morgan fingerprint density at radius 3 is 2.35 bits per heavy atom. The van der Waals surface area contributed by atoms with Crippen LogP contribution in [-0.2, 0) is 0 Å². The number of carbonyl (C=O) groups excluding carboxylic acids is 1. The van der Waals surface area contributed by atoms with Crippen LogP contribution in [0.2, 0.25) is 0 Å². The Morgan fingerprint density at radius 1 is 0.870 bits per heavy atom. The molecule has 23 heavy (non-hydrogen) atoms. The lowest BCUT2D eigenvalue weighted by Crippen LogP contribution is -2.14. The minimum absolute atomic E-state index is 0.270. The number of aromatic nitrogens is 1. The predicted molar refractivity (Wildman–Crippen MR) is 88.3 cm³/mol. The predicted octanol–water partition coefficient (Wildman–Crippen LogP) is 4.22. The van der Waals surface area contributed by atoms with Crippen molar-refractivity contribution in [3.05, 3.63) is 84.3 Å². The van der Waals surface area contributed by atoms with Gasteiger partial charge in [0.25, 0.3) is 5.91 Å².